The molecule has 0 saturated carbocycles. The Morgan fingerprint density at radius 2 is 1.92 bits per heavy atom. The number of fused-ring (bicyclic) bond motifs is 1. The lowest BCUT2D eigenvalue weighted by Gasteiger charge is -2.38. The first-order chi connectivity index (χ1) is 5.88. The van der Waals surface area contributed by atoms with Crippen molar-refractivity contribution in [1.29, 1.82) is 0 Å². The molecule has 0 bridgehead atoms. The van der Waals surface area contributed by atoms with Crippen molar-refractivity contribution in [2.45, 2.75) is 25.7 Å². The van der Waals surface area contributed by atoms with Crippen LogP contribution in [0.2, 0.25) is 0 Å². The molecular weight excluding hydrogens is 148 g/mol. The van der Waals surface area contributed by atoms with Gasteiger partial charge in [-0.15, -0.1) is 0 Å². The molecular formula is C10H18N2. The van der Waals surface area contributed by atoms with Gasteiger partial charge in [-0.25, -0.2) is 0 Å². The van der Waals surface area contributed by atoms with Crippen LogP contribution in [0.4, 0.5) is 0 Å². The molecule has 0 atom stereocenters. The summed E-state index contributed by atoms with van der Waals surface area (Å²) in [5.74, 6) is 1.48. The van der Waals surface area contributed by atoms with Crippen molar-refractivity contribution in [3.63, 3.8) is 0 Å². The van der Waals surface area contributed by atoms with Gasteiger partial charge < -0.3 is 9.80 Å². The van der Waals surface area contributed by atoms with E-state index in [0.717, 1.165) is 0 Å². The Labute approximate surface area is 74.8 Å². The molecule has 2 aliphatic rings. The Morgan fingerprint density at radius 1 is 1.08 bits per heavy atom. The maximum atomic E-state index is 2.54. The van der Waals surface area contributed by atoms with Gasteiger partial charge in [0.2, 0.25) is 0 Å². The highest BCUT2D eigenvalue weighted by molar-refractivity contribution is 5.04. The zero-order valence-electron chi connectivity index (χ0n) is 7.92. The molecule has 0 aromatic rings. The molecule has 2 aliphatic heterocycles. The van der Waals surface area contributed by atoms with Crippen molar-refractivity contribution in [2.24, 2.45) is 0 Å². The molecule has 0 aromatic heterocycles. The SMILES string of the molecule is CN1CCCN2CCCCC=C12. The van der Waals surface area contributed by atoms with Gasteiger partial charge in [0.15, 0.2) is 0 Å². The van der Waals surface area contributed by atoms with E-state index in [4.69, 9.17) is 0 Å². The van der Waals surface area contributed by atoms with E-state index in [1.54, 1.807) is 0 Å². The second-order valence-corrected chi connectivity index (χ2v) is 3.82. The van der Waals surface area contributed by atoms with Crippen LogP contribution in [0.3, 0.4) is 0 Å². The summed E-state index contributed by atoms with van der Waals surface area (Å²) in [5, 5.41) is 0. The Kier molecular flexibility index (Phi) is 2.24. The van der Waals surface area contributed by atoms with Gasteiger partial charge in [-0.2, -0.15) is 0 Å². The van der Waals surface area contributed by atoms with Gasteiger partial charge >= 0.3 is 0 Å². The van der Waals surface area contributed by atoms with Gasteiger partial charge in [-0.05, 0) is 31.8 Å². The molecule has 12 heavy (non-hydrogen) atoms. The maximum absolute atomic E-state index is 2.54. The summed E-state index contributed by atoms with van der Waals surface area (Å²) in [6.45, 7) is 3.79. The van der Waals surface area contributed by atoms with Crippen LogP contribution in [0.25, 0.3) is 0 Å². The molecule has 2 nitrogen and oxygen atoms in total. The first kappa shape index (κ1) is 7.96. The lowest BCUT2D eigenvalue weighted by molar-refractivity contribution is 0.184. The highest BCUT2D eigenvalue weighted by atomic mass is 15.3. The predicted octanol–water partition coefficient (Wildman–Crippen LogP) is 1.65. The van der Waals surface area contributed by atoms with Crippen LogP contribution in [-0.2, 0) is 0 Å². The molecule has 0 unspecified atom stereocenters. The molecule has 2 heterocycles. The highest BCUT2D eigenvalue weighted by Crippen LogP contribution is 2.20. The third kappa shape index (κ3) is 1.43. The largest absolute Gasteiger partial charge is 0.362 e. The molecule has 0 radical (unpaired) electrons. The van der Waals surface area contributed by atoms with Crippen molar-refractivity contribution in [3.8, 4) is 0 Å². The molecule has 0 aliphatic carbocycles. The van der Waals surface area contributed by atoms with E-state index in [2.05, 4.69) is 22.9 Å². The Morgan fingerprint density at radius 3 is 2.83 bits per heavy atom. The molecule has 68 valence electrons. The second kappa shape index (κ2) is 3.38. The van der Waals surface area contributed by atoms with Gasteiger partial charge in [0, 0.05) is 26.7 Å². The molecule has 1 saturated heterocycles. The third-order valence-corrected chi connectivity index (χ3v) is 2.85. The lowest BCUT2D eigenvalue weighted by atomic mass is 10.2. The van der Waals surface area contributed by atoms with Crippen LogP contribution in [0.1, 0.15) is 25.7 Å². The maximum Gasteiger partial charge on any atom is 0.0995 e. The normalized spacial score (nSPS) is 24.6. The van der Waals surface area contributed by atoms with E-state index in [1.165, 1.54) is 51.1 Å². The Balaban J connectivity index is 2.12. The standard InChI is InChI=1S/C10H18N2/c1-11-7-5-9-12-8-4-2-3-6-10(11)12/h6H,2-5,7-9H2,1H3. The van der Waals surface area contributed by atoms with Crippen LogP contribution in [0.15, 0.2) is 11.9 Å². The van der Waals surface area contributed by atoms with Crippen LogP contribution in [-0.4, -0.2) is 36.5 Å². The summed E-state index contributed by atoms with van der Waals surface area (Å²) >= 11 is 0. The summed E-state index contributed by atoms with van der Waals surface area (Å²) in [6, 6.07) is 0. The van der Waals surface area contributed by atoms with Gasteiger partial charge in [0.05, 0.1) is 5.82 Å². The summed E-state index contributed by atoms with van der Waals surface area (Å²) < 4.78 is 0. The highest BCUT2D eigenvalue weighted by Gasteiger charge is 2.19. The van der Waals surface area contributed by atoms with E-state index < -0.39 is 0 Å². The molecule has 0 aromatic carbocycles. The van der Waals surface area contributed by atoms with Gasteiger partial charge in [0.25, 0.3) is 0 Å². The van der Waals surface area contributed by atoms with Crippen LogP contribution < -0.4 is 0 Å². The predicted molar refractivity (Wildman–Crippen MR) is 50.8 cm³/mol. The Hall–Kier alpha value is -0.660. The molecule has 0 N–H and O–H groups in total. The number of rotatable bonds is 0. The van der Waals surface area contributed by atoms with Crippen LogP contribution >= 0.6 is 0 Å². The molecule has 1 fully saturated rings. The summed E-state index contributed by atoms with van der Waals surface area (Å²) in [5.41, 5.74) is 0. The average Bonchev–Trinajstić information content (AvgIpc) is 2.30. The first-order valence-corrected chi connectivity index (χ1v) is 5.04. The topological polar surface area (TPSA) is 6.48 Å². The van der Waals surface area contributed by atoms with E-state index in [1.807, 2.05) is 0 Å². The summed E-state index contributed by atoms with van der Waals surface area (Å²) in [7, 11) is 2.21. The van der Waals surface area contributed by atoms with Crippen molar-refractivity contribution >= 4 is 0 Å². The van der Waals surface area contributed by atoms with E-state index in [0.29, 0.717) is 0 Å². The van der Waals surface area contributed by atoms with Crippen molar-refractivity contribution in [2.75, 3.05) is 26.7 Å². The summed E-state index contributed by atoms with van der Waals surface area (Å²) in [4.78, 5) is 4.94. The lowest BCUT2D eigenvalue weighted by Crippen LogP contribution is -2.40. The molecule has 0 spiro atoms. The smallest absolute Gasteiger partial charge is 0.0995 e. The fourth-order valence-electron chi connectivity index (χ4n) is 2.16. The quantitative estimate of drug-likeness (QED) is 0.540. The minimum absolute atomic E-state index is 1.24. The van der Waals surface area contributed by atoms with Crippen molar-refractivity contribution in [3.05, 3.63) is 11.9 Å². The van der Waals surface area contributed by atoms with Crippen LogP contribution in [0, 0.1) is 0 Å². The zero-order chi connectivity index (χ0) is 8.39. The minimum atomic E-state index is 1.24. The Bertz CT molecular complexity index is 186. The number of nitrogens with zero attached hydrogens (tertiary/aromatic N) is 2. The van der Waals surface area contributed by atoms with Crippen molar-refractivity contribution < 1.29 is 0 Å². The second-order valence-electron chi connectivity index (χ2n) is 3.82. The monoisotopic (exact) mass is 166 g/mol. The first-order valence-electron chi connectivity index (χ1n) is 5.04. The zero-order valence-corrected chi connectivity index (χ0v) is 7.92. The van der Waals surface area contributed by atoms with E-state index in [-0.39, 0.29) is 0 Å². The average molecular weight is 166 g/mol. The van der Waals surface area contributed by atoms with Gasteiger partial charge in [-0.1, -0.05) is 0 Å². The van der Waals surface area contributed by atoms with Gasteiger partial charge in [0.1, 0.15) is 0 Å². The van der Waals surface area contributed by atoms with Crippen LogP contribution in [0.5, 0.6) is 0 Å². The van der Waals surface area contributed by atoms with E-state index >= 15 is 0 Å². The number of hydrogen-bond acceptors (Lipinski definition) is 2. The minimum Gasteiger partial charge on any atom is -0.362 e. The van der Waals surface area contributed by atoms with Gasteiger partial charge in [-0.3, -0.25) is 0 Å². The number of hydrogen-bond donors (Lipinski definition) is 0. The van der Waals surface area contributed by atoms with E-state index in [9.17, 15) is 0 Å². The molecule has 2 rings (SSSR count). The molecule has 0 amide bonds. The van der Waals surface area contributed by atoms with Crippen molar-refractivity contribution in [1.82, 2.24) is 9.80 Å². The fourth-order valence-corrected chi connectivity index (χ4v) is 2.16. The number of allylic oxidation sites excluding steroid dienone is 1. The summed E-state index contributed by atoms with van der Waals surface area (Å²) in [6.07, 6.45) is 7.75. The molecule has 2 heteroatoms. The third-order valence-electron chi connectivity index (χ3n) is 2.85. The fraction of sp³-hybridized carbons (Fsp3) is 0.800.